The third-order valence-corrected chi connectivity index (χ3v) is 3.22. The molecule has 0 aliphatic carbocycles. The number of rotatable bonds is 5. The quantitative estimate of drug-likeness (QED) is 0.763. The number of amides is 1. The first-order valence-electron chi connectivity index (χ1n) is 6.64. The molecule has 0 spiro atoms. The maximum atomic E-state index is 11.5. The summed E-state index contributed by atoms with van der Waals surface area (Å²) in [6.45, 7) is 7.77. The summed E-state index contributed by atoms with van der Waals surface area (Å²) in [6.07, 6.45) is 2.91. The minimum Gasteiger partial charge on any atom is -0.378 e. The van der Waals surface area contributed by atoms with Crippen LogP contribution in [-0.2, 0) is 9.53 Å². The number of carbonyl (C=O) groups excluding carboxylic acids is 1. The monoisotopic (exact) mass is 242 g/mol. The Balaban J connectivity index is 2.35. The lowest BCUT2D eigenvalue weighted by atomic mass is 9.87. The molecule has 17 heavy (non-hydrogen) atoms. The SMILES string of the molecule is CC(N)CC(=O)NCC1CCCOC1C(C)C. The third kappa shape index (κ3) is 5.04. The van der Waals surface area contributed by atoms with Crippen LogP contribution >= 0.6 is 0 Å². The lowest BCUT2D eigenvalue weighted by molar-refractivity contribution is -0.122. The smallest absolute Gasteiger partial charge is 0.221 e. The minimum atomic E-state index is -0.0708. The Hall–Kier alpha value is -0.610. The number of nitrogens with one attached hydrogen (secondary N) is 1. The molecule has 1 heterocycles. The summed E-state index contributed by atoms with van der Waals surface area (Å²) in [7, 11) is 0. The Morgan fingerprint density at radius 2 is 2.18 bits per heavy atom. The van der Waals surface area contributed by atoms with Gasteiger partial charge >= 0.3 is 0 Å². The molecule has 3 atom stereocenters. The summed E-state index contributed by atoms with van der Waals surface area (Å²) >= 11 is 0. The van der Waals surface area contributed by atoms with Gasteiger partial charge in [-0.1, -0.05) is 13.8 Å². The Kier molecular flexibility index (Phi) is 5.92. The second kappa shape index (κ2) is 6.97. The molecule has 1 rings (SSSR count). The molecule has 0 bridgehead atoms. The maximum Gasteiger partial charge on any atom is 0.221 e. The summed E-state index contributed by atoms with van der Waals surface area (Å²) in [5.41, 5.74) is 5.59. The van der Waals surface area contributed by atoms with Gasteiger partial charge in [0, 0.05) is 31.5 Å². The second-order valence-corrected chi connectivity index (χ2v) is 5.47. The molecular formula is C13H26N2O2. The summed E-state index contributed by atoms with van der Waals surface area (Å²) in [5, 5.41) is 2.97. The highest BCUT2D eigenvalue weighted by atomic mass is 16.5. The highest BCUT2D eigenvalue weighted by Crippen LogP contribution is 2.25. The van der Waals surface area contributed by atoms with Crippen molar-refractivity contribution in [1.82, 2.24) is 5.32 Å². The Morgan fingerprint density at radius 3 is 2.76 bits per heavy atom. The molecule has 4 nitrogen and oxygen atoms in total. The first-order valence-corrected chi connectivity index (χ1v) is 6.64. The van der Waals surface area contributed by atoms with Crippen LogP contribution in [0.15, 0.2) is 0 Å². The molecule has 100 valence electrons. The first-order chi connectivity index (χ1) is 8.00. The van der Waals surface area contributed by atoms with E-state index in [1.54, 1.807) is 0 Å². The highest BCUT2D eigenvalue weighted by molar-refractivity contribution is 5.76. The zero-order chi connectivity index (χ0) is 12.8. The van der Waals surface area contributed by atoms with Crippen LogP contribution in [0.1, 0.15) is 40.0 Å². The van der Waals surface area contributed by atoms with E-state index in [0.717, 1.165) is 19.4 Å². The molecule has 1 aliphatic rings. The van der Waals surface area contributed by atoms with Gasteiger partial charge in [0.2, 0.25) is 5.91 Å². The van der Waals surface area contributed by atoms with Crippen molar-refractivity contribution < 1.29 is 9.53 Å². The van der Waals surface area contributed by atoms with E-state index in [0.29, 0.717) is 24.8 Å². The van der Waals surface area contributed by atoms with Gasteiger partial charge < -0.3 is 15.8 Å². The van der Waals surface area contributed by atoms with E-state index in [9.17, 15) is 4.79 Å². The van der Waals surface area contributed by atoms with Crippen LogP contribution in [0.2, 0.25) is 0 Å². The standard InChI is InChI=1S/C13H26N2O2/c1-9(2)13-11(5-4-6-17-13)8-15-12(16)7-10(3)14/h9-11,13H,4-8,14H2,1-3H3,(H,15,16). The molecule has 4 heteroatoms. The zero-order valence-electron chi connectivity index (χ0n) is 11.2. The maximum absolute atomic E-state index is 11.5. The van der Waals surface area contributed by atoms with Crippen molar-refractivity contribution in [3.05, 3.63) is 0 Å². The second-order valence-electron chi connectivity index (χ2n) is 5.47. The normalized spacial score (nSPS) is 26.9. The van der Waals surface area contributed by atoms with E-state index in [4.69, 9.17) is 10.5 Å². The molecule has 0 aromatic rings. The van der Waals surface area contributed by atoms with Crippen LogP contribution in [0.5, 0.6) is 0 Å². The summed E-state index contributed by atoms with van der Waals surface area (Å²) in [6, 6.07) is -0.0708. The van der Waals surface area contributed by atoms with Crippen molar-refractivity contribution in [2.24, 2.45) is 17.6 Å². The molecule has 0 aromatic carbocycles. The lowest BCUT2D eigenvalue weighted by Gasteiger charge is -2.34. The Labute approximate surface area is 104 Å². The van der Waals surface area contributed by atoms with Crippen molar-refractivity contribution in [3.8, 4) is 0 Å². The van der Waals surface area contributed by atoms with E-state index in [1.807, 2.05) is 6.92 Å². The van der Waals surface area contributed by atoms with E-state index in [1.165, 1.54) is 0 Å². The van der Waals surface area contributed by atoms with Gasteiger partial charge in [-0.3, -0.25) is 4.79 Å². The molecule has 0 aromatic heterocycles. The van der Waals surface area contributed by atoms with E-state index in [-0.39, 0.29) is 18.1 Å². The Bertz CT molecular complexity index is 242. The fourth-order valence-electron chi connectivity index (χ4n) is 2.43. The highest BCUT2D eigenvalue weighted by Gasteiger charge is 2.28. The number of ether oxygens (including phenoxy) is 1. The summed E-state index contributed by atoms with van der Waals surface area (Å²) in [4.78, 5) is 11.5. The van der Waals surface area contributed by atoms with Crippen molar-refractivity contribution in [2.45, 2.75) is 52.2 Å². The van der Waals surface area contributed by atoms with Crippen molar-refractivity contribution >= 4 is 5.91 Å². The van der Waals surface area contributed by atoms with E-state index >= 15 is 0 Å². The number of nitrogens with two attached hydrogens (primary N) is 1. The van der Waals surface area contributed by atoms with Gasteiger partial charge in [0.25, 0.3) is 0 Å². The van der Waals surface area contributed by atoms with Crippen LogP contribution in [0.4, 0.5) is 0 Å². The van der Waals surface area contributed by atoms with Crippen LogP contribution in [-0.4, -0.2) is 31.2 Å². The topological polar surface area (TPSA) is 64.4 Å². The third-order valence-electron chi connectivity index (χ3n) is 3.22. The van der Waals surface area contributed by atoms with Crippen molar-refractivity contribution in [1.29, 1.82) is 0 Å². The van der Waals surface area contributed by atoms with Crippen LogP contribution in [0.25, 0.3) is 0 Å². The van der Waals surface area contributed by atoms with E-state index in [2.05, 4.69) is 19.2 Å². The molecule has 0 saturated carbocycles. The number of carbonyl (C=O) groups is 1. The fraction of sp³-hybridized carbons (Fsp3) is 0.923. The number of hydrogen-bond acceptors (Lipinski definition) is 3. The van der Waals surface area contributed by atoms with Gasteiger partial charge in [-0.15, -0.1) is 0 Å². The largest absolute Gasteiger partial charge is 0.378 e. The molecule has 1 aliphatic heterocycles. The van der Waals surface area contributed by atoms with Gasteiger partial charge in [-0.2, -0.15) is 0 Å². The molecule has 3 N–H and O–H groups in total. The molecular weight excluding hydrogens is 216 g/mol. The van der Waals surface area contributed by atoms with Crippen LogP contribution < -0.4 is 11.1 Å². The van der Waals surface area contributed by atoms with Gasteiger partial charge in [-0.25, -0.2) is 0 Å². The predicted octanol–water partition coefficient (Wildman–Crippen LogP) is 1.29. The summed E-state index contributed by atoms with van der Waals surface area (Å²) in [5.74, 6) is 1.000. The van der Waals surface area contributed by atoms with Crippen molar-refractivity contribution in [3.63, 3.8) is 0 Å². The molecule has 1 fully saturated rings. The molecule has 0 radical (unpaired) electrons. The molecule has 1 amide bonds. The molecule has 1 saturated heterocycles. The van der Waals surface area contributed by atoms with Gasteiger partial charge in [0.1, 0.15) is 0 Å². The average Bonchev–Trinajstić information content (AvgIpc) is 2.25. The van der Waals surface area contributed by atoms with Crippen LogP contribution in [0.3, 0.4) is 0 Å². The van der Waals surface area contributed by atoms with Gasteiger partial charge in [0.15, 0.2) is 0 Å². The zero-order valence-corrected chi connectivity index (χ0v) is 11.2. The minimum absolute atomic E-state index is 0.0491. The average molecular weight is 242 g/mol. The Morgan fingerprint density at radius 1 is 1.47 bits per heavy atom. The van der Waals surface area contributed by atoms with Gasteiger partial charge in [-0.05, 0) is 25.7 Å². The van der Waals surface area contributed by atoms with E-state index < -0.39 is 0 Å². The predicted molar refractivity (Wildman–Crippen MR) is 68.6 cm³/mol. The molecule has 3 unspecified atom stereocenters. The van der Waals surface area contributed by atoms with Crippen LogP contribution in [0, 0.1) is 11.8 Å². The van der Waals surface area contributed by atoms with Gasteiger partial charge in [0.05, 0.1) is 6.10 Å². The fourth-order valence-corrected chi connectivity index (χ4v) is 2.43. The number of hydrogen-bond donors (Lipinski definition) is 2. The summed E-state index contributed by atoms with van der Waals surface area (Å²) < 4.78 is 5.79. The first kappa shape index (κ1) is 14.5. The lowest BCUT2D eigenvalue weighted by Crippen LogP contribution is -2.42. The van der Waals surface area contributed by atoms with Crippen molar-refractivity contribution in [2.75, 3.05) is 13.2 Å².